The summed E-state index contributed by atoms with van der Waals surface area (Å²) in [5.41, 5.74) is 2.72. The first-order valence-corrected chi connectivity index (χ1v) is 7.95. The normalized spacial score (nSPS) is 27.0. The summed E-state index contributed by atoms with van der Waals surface area (Å²) in [5, 5.41) is 6.58. The third-order valence-electron chi connectivity index (χ3n) is 5.21. The van der Waals surface area contributed by atoms with Gasteiger partial charge in [0.1, 0.15) is 5.65 Å². The molecule has 1 saturated carbocycles. The molecule has 116 valence electrons. The van der Waals surface area contributed by atoms with Gasteiger partial charge in [-0.15, -0.1) is 0 Å². The van der Waals surface area contributed by atoms with E-state index in [0.29, 0.717) is 11.8 Å². The molecule has 0 radical (unpaired) electrons. The molecule has 5 heteroatoms. The number of hydrogen-bond acceptors (Lipinski definition) is 3. The van der Waals surface area contributed by atoms with Crippen molar-refractivity contribution < 1.29 is 4.79 Å². The standard InChI is InChI=1S/C17H22N4O/c1-10-4-5-13(21-7-6-19-15(10)21)17(2,3)20-16(22)14-11-8-18-9-12(11)14/h4-7,11-12,14,18H,8-9H2,1-3H3,(H,20,22)/t11-,12?,14?/m0/s1. The van der Waals surface area contributed by atoms with Gasteiger partial charge >= 0.3 is 0 Å². The van der Waals surface area contributed by atoms with E-state index in [-0.39, 0.29) is 11.8 Å². The van der Waals surface area contributed by atoms with E-state index in [9.17, 15) is 4.79 Å². The molecular weight excluding hydrogens is 276 g/mol. The fraction of sp³-hybridized carbons (Fsp3) is 0.529. The lowest BCUT2D eigenvalue weighted by Crippen LogP contribution is -2.44. The van der Waals surface area contributed by atoms with E-state index in [1.54, 1.807) is 6.20 Å². The quantitative estimate of drug-likeness (QED) is 0.902. The summed E-state index contributed by atoms with van der Waals surface area (Å²) in [7, 11) is 0. The Morgan fingerprint density at radius 3 is 2.82 bits per heavy atom. The highest BCUT2D eigenvalue weighted by atomic mass is 16.2. The Bertz CT molecular complexity index is 738. The van der Waals surface area contributed by atoms with Gasteiger partial charge in [0.25, 0.3) is 0 Å². The number of carbonyl (C=O) groups is 1. The van der Waals surface area contributed by atoms with Crippen molar-refractivity contribution in [3.05, 3.63) is 35.8 Å². The molecule has 2 aromatic heterocycles. The maximum Gasteiger partial charge on any atom is 0.224 e. The second-order valence-electron chi connectivity index (χ2n) is 7.15. The van der Waals surface area contributed by atoms with Gasteiger partial charge in [-0.2, -0.15) is 0 Å². The van der Waals surface area contributed by atoms with Crippen LogP contribution < -0.4 is 10.6 Å². The average Bonchev–Trinajstić information content (AvgIpc) is 2.85. The Morgan fingerprint density at radius 2 is 2.09 bits per heavy atom. The van der Waals surface area contributed by atoms with Crippen LogP contribution in [0.1, 0.15) is 25.1 Å². The Morgan fingerprint density at radius 1 is 1.36 bits per heavy atom. The number of piperidine rings is 1. The molecule has 2 fully saturated rings. The summed E-state index contributed by atoms with van der Waals surface area (Å²) in [6.07, 6.45) is 3.77. The van der Waals surface area contributed by atoms with E-state index >= 15 is 0 Å². The Hall–Kier alpha value is -1.88. The topological polar surface area (TPSA) is 58.4 Å². The van der Waals surface area contributed by atoms with Crippen molar-refractivity contribution in [3.63, 3.8) is 0 Å². The van der Waals surface area contributed by atoms with Crippen molar-refractivity contribution in [3.8, 4) is 0 Å². The Balaban J connectivity index is 1.61. The number of nitrogens with one attached hydrogen (secondary N) is 2. The van der Waals surface area contributed by atoms with Crippen LogP contribution in [0.2, 0.25) is 0 Å². The molecule has 4 rings (SSSR count). The van der Waals surface area contributed by atoms with Gasteiger partial charge in [0.2, 0.25) is 5.91 Å². The zero-order chi connectivity index (χ0) is 15.5. The number of aromatic nitrogens is 2. The number of pyridine rings is 1. The van der Waals surface area contributed by atoms with Gasteiger partial charge in [0.15, 0.2) is 0 Å². The van der Waals surface area contributed by atoms with E-state index in [4.69, 9.17) is 0 Å². The molecule has 22 heavy (non-hydrogen) atoms. The minimum Gasteiger partial charge on any atom is -0.345 e. The maximum absolute atomic E-state index is 12.6. The molecule has 0 bridgehead atoms. The molecule has 5 nitrogen and oxygen atoms in total. The van der Waals surface area contributed by atoms with Crippen LogP contribution in [0, 0.1) is 24.7 Å². The third kappa shape index (κ3) is 1.96. The molecular formula is C17H22N4O. The Kier molecular flexibility index (Phi) is 2.85. The molecule has 3 heterocycles. The lowest BCUT2D eigenvalue weighted by Gasteiger charge is -2.28. The number of aryl methyl sites for hydroxylation is 1. The molecule has 0 aromatic carbocycles. The van der Waals surface area contributed by atoms with E-state index in [1.165, 1.54) is 0 Å². The van der Waals surface area contributed by atoms with E-state index < -0.39 is 5.54 Å². The summed E-state index contributed by atoms with van der Waals surface area (Å²) < 4.78 is 2.07. The van der Waals surface area contributed by atoms with Crippen LogP contribution in [0.15, 0.2) is 24.5 Å². The summed E-state index contributed by atoms with van der Waals surface area (Å²) in [6.45, 7) is 8.14. The molecule has 2 unspecified atom stereocenters. The highest BCUT2D eigenvalue weighted by Crippen LogP contribution is 2.49. The summed E-state index contributed by atoms with van der Waals surface area (Å²) >= 11 is 0. The Labute approximate surface area is 130 Å². The fourth-order valence-corrected chi connectivity index (χ4v) is 3.92. The lowest BCUT2D eigenvalue weighted by atomic mass is 9.98. The first-order chi connectivity index (χ1) is 10.5. The van der Waals surface area contributed by atoms with Gasteiger partial charge in [0, 0.05) is 24.0 Å². The summed E-state index contributed by atoms with van der Waals surface area (Å²) in [4.78, 5) is 17.0. The molecule has 2 N–H and O–H groups in total. The molecule has 1 saturated heterocycles. The largest absolute Gasteiger partial charge is 0.345 e. The fourth-order valence-electron chi connectivity index (χ4n) is 3.92. The zero-order valence-electron chi connectivity index (χ0n) is 13.3. The second-order valence-corrected chi connectivity index (χ2v) is 7.15. The first kappa shape index (κ1) is 13.8. The number of carbonyl (C=O) groups excluding carboxylic acids is 1. The number of rotatable bonds is 3. The van der Waals surface area contributed by atoms with Crippen molar-refractivity contribution in [2.45, 2.75) is 26.3 Å². The van der Waals surface area contributed by atoms with Crippen LogP contribution in [0.25, 0.3) is 5.65 Å². The predicted molar refractivity (Wildman–Crippen MR) is 84.4 cm³/mol. The van der Waals surface area contributed by atoms with E-state index in [2.05, 4.69) is 52.9 Å². The van der Waals surface area contributed by atoms with Gasteiger partial charge in [-0.1, -0.05) is 6.07 Å². The molecule has 1 amide bonds. The average molecular weight is 298 g/mol. The number of fused-ring (bicyclic) bond motifs is 2. The SMILES string of the molecule is Cc1ccc(C(C)(C)NC(=O)C2C3CNC[C@@H]32)n2ccnc12. The number of imidazole rings is 1. The molecule has 3 atom stereocenters. The summed E-state index contributed by atoms with van der Waals surface area (Å²) in [5.74, 6) is 1.48. The predicted octanol–water partition coefficient (Wildman–Crippen LogP) is 1.46. The smallest absolute Gasteiger partial charge is 0.224 e. The molecule has 2 aliphatic rings. The monoisotopic (exact) mass is 298 g/mol. The van der Waals surface area contributed by atoms with Crippen LogP contribution >= 0.6 is 0 Å². The van der Waals surface area contributed by atoms with Gasteiger partial charge in [0.05, 0.1) is 5.54 Å². The van der Waals surface area contributed by atoms with Crippen molar-refractivity contribution in [2.24, 2.45) is 17.8 Å². The lowest BCUT2D eigenvalue weighted by molar-refractivity contribution is -0.124. The van der Waals surface area contributed by atoms with Crippen LogP contribution in [0.4, 0.5) is 0 Å². The maximum atomic E-state index is 12.6. The van der Waals surface area contributed by atoms with E-state index in [1.807, 2.05) is 6.20 Å². The van der Waals surface area contributed by atoms with Gasteiger partial charge in [-0.3, -0.25) is 4.79 Å². The van der Waals surface area contributed by atoms with Crippen LogP contribution in [0.3, 0.4) is 0 Å². The van der Waals surface area contributed by atoms with Gasteiger partial charge in [-0.25, -0.2) is 4.98 Å². The molecule has 1 aliphatic carbocycles. The minimum atomic E-state index is -0.423. The highest BCUT2D eigenvalue weighted by molar-refractivity contribution is 5.83. The number of hydrogen-bond donors (Lipinski definition) is 2. The van der Waals surface area contributed by atoms with Crippen molar-refractivity contribution in [1.82, 2.24) is 20.0 Å². The van der Waals surface area contributed by atoms with E-state index in [0.717, 1.165) is 30.0 Å². The molecule has 2 aromatic rings. The van der Waals surface area contributed by atoms with Crippen LogP contribution in [0.5, 0.6) is 0 Å². The number of amides is 1. The van der Waals surface area contributed by atoms with Crippen molar-refractivity contribution in [1.29, 1.82) is 0 Å². The van der Waals surface area contributed by atoms with Gasteiger partial charge in [-0.05, 0) is 57.3 Å². The second kappa shape index (κ2) is 4.56. The van der Waals surface area contributed by atoms with Crippen LogP contribution in [-0.2, 0) is 10.3 Å². The molecule has 0 spiro atoms. The van der Waals surface area contributed by atoms with Crippen molar-refractivity contribution >= 4 is 11.6 Å². The van der Waals surface area contributed by atoms with Crippen molar-refractivity contribution in [2.75, 3.05) is 13.1 Å². The highest BCUT2D eigenvalue weighted by Gasteiger charge is 2.57. The molecule has 1 aliphatic heterocycles. The first-order valence-electron chi connectivity index (χ1n) is 7.95. The minimum absolute atomic E-state index is 0.190. The summed E-state index contributed by atoms with van der Waals surface area (Å²) in [6, 6.07) is 4.15. The van der Waals surface area contributed by atoms with Crippen LogP contribution in [-0.4, -0.2) is 28.4 Å². The van der Waals surface area contributed by atoms with Gasteiger partial charge < -0.3 is 15.0 Å². The number of nitrogens with zero attached hydrogens (tertiary/aromatic N) is 2. The zero-order valence-corrected chi connectivity index (χ0v) is 13.3. The third-order valence-corrected chi connectivity index (χ3v) is 5.21.